The van der Waals surface area contributed by atoms with Gasteiger partial charge in [-0.15, -0.1) is 0 Å². The molecule has 102 valence electrons. The van der Waals surface area contributed by atoms with Gasteiger partial charge >= 0.3 is 0 Å². The Balaban J connectivity index is 1.79. The van der Waals surface area contributed by atoms with Crippen molar-refractivity contribution in [3.8, 4) is 5.75 Å². The number of nitrogens with zero attached hydrogens (tertiary/aromatic N) is 1. The van der Waals surface area contributed by atoms with Crippen molar-refractivity contribution in [2.45, 2.75) is 39.0 Å². The summed E-state index contributed by atoms with van der Waals surface area (Å²) in [6.45, 7) is 3.70. The molecule has 1 aliphatic carbocycles. The molecule has 0 atom stereocenters. The monoisotopic (exact) mass is 259 g/mol. The SMILES string of the molecule is Cc1ccc(O)cc1C(=O)N1CCC2(CCCC2)C1. The maximum absolute atomic E-state index is 12.6. The van der Waals surface area contributed by atoms with E-state index in [4.69, 9.17) is 0 Å². The minimum atomic E-state index is 0.0807. The number of amides is 1. The molecule has 1 heterocycles. The molecule has 1 aliphatic heterocycles. The molecule has 0 aromatic heterocycles. The van der Waals surface area contributed by atoms with Crippen molar-refractivity contribution in [1.82, 2.24) is 4.90 Å². The van der Waals surface area contributed by atoms with E-state index in [2.05, 4.69) is 0 Å². The Morgan fingerprint density at radius 2 is 2.00 bits per heavy atom. The Morgan fingerprint density at radius 3 is 2.74 bits per heavy atom. The maximum Gasteiger partial charge on any atom is 0.254 e. The van der Waals surface area contributed by atoms with E-state index < -0.39 is 0 Å². The van der Waals surface area contributed by atoms with E-state index in [1.165, 1.54) is 25.7 Å². The molecule has 2 fully saturated rings. The van der Waals surface area contributed by atoms with Crippen LogP contribution in [0.25, 0.3) is 0 Å². The molecule has 1 amide bonds. The van der Waals surface area contributed by atoms with Crippen LogP contribution >= 0.6 is 0 Å². The Hall–Kier alpha value is -1.51. The Bertz CT molecular complexity index is 503. The van der Waals surface area contributed by atoms with Crippen molar-refractivity contribution < 1.29 is 9.90 Å². The fourth-order valence-corrected chi connectivity index (χ4v) is 3.65. The lowest BCUT2D eigenvalue weighted by Crippen LogP contribution is -2.31. The smallest absolute Gasteiger partial charge is 0.254 e. The molecule has 3 nitrogen and oxygen atoms in total. The average molecular weight is 259 g/mol. The van der Waals surface area contributed by atoms with Crippen LogP contribution < -0.4 is 0 Å². The molecule has 3 heteroatoms. The number of benzene rings is 1. The highest BCUT2D eigenvalue weighted by Crippen LogP contribution is 2.45. The molecule has 1 saturated carbocycles. The van der Waals surface area contributed by atoms with Gasteiger partial charge in [-0.05, 0) is 49.3 Å². The number of carbonyl (C=O) groups is 1. The van der Waals surface area contributed by atoms with Crippen LogP contribution in [0.15, 0.2) is 18.2 Å². The molecule has 1 aromatic carbocycles. The maximum atomic E-state index is 12.6. The number of phenols is 1. The molecule has 1 N–H and O–H groups in total. The zero-order valence-corrected chi connectivity index (χ0v) is 11.5. The summed E-state index contributed by atoms with van der Waals surface area (Å²) in [5.41, 5.74) is 1.99. The first kappa shape index (κ1) is 12.5. The fraction of sp³-hybridized carbons (Fsp3) is 0.562. The van der Waals surface area contributed by atoms with Crippen molar-refractivity contribution >= 4 is 5.91 Å². The largest absolute Gasteiger partial charge is 0.508 e. The van der Waals surface area contributed by atoms with Crippen molar-refractivity contribution in [3.05, 3.63) is 29.3 Å². The highest BCUT2D eigenvalue weighted by atomic mass is 16.3. The molecule has 0 bridgehead atoms. The van der Waals surface area contributed by atoms with E-state index in [0.717, 1.165) is 25.1 Å². The molecule has 0 radical (unpaired) electrons. The highest BCUT2D eigenvalue weighted by molar-refractivity contribution is 5.96. The van der Waals surface area contributed by atoms with E-state index in [9.17, 15) is 9.90 Å². The van der Waals surface area contributed by atoms with Gasteiger partial charge in [0.1, 0.15) is 5.75 Å². The number of likely N-dealkylation sites (tertiary alicyclic amines) is 1. The lowest BCUT2D eigenvalue weighted by Gasteiger charge is -2.24. The van der Waals surface area contributed by atoms with Gasteiger partial charge in [-0.2, -0.15) is 0 Å². The first-order valence-electron chi connectivity index (χ1n) is 7.19. The van der Waals surface area contributed by atoms with Crippen molar-refractivity contribution in [2.24, 2.45) is 5.41 Å². The number of carbonyl (C=O) groups excluding carboxylic acids is 1. The second kappa shape index (κ2) is 4.55. The van der Waals surface area contributed by atoms with Crippen molar-refractivity contribution in [3.63, 3.8) is 0 Å². The van der Waals surface area contributed by atoms with Gasteiger partial charge in [-0.3, -0.25) is 4.79 Å². The van der Waals surface area contributed by atoms with E-state index in [1.807, 2.05) is 17.9 Å². The predicted octanol–water partition coefficient (Wildman–Crippen LogP) is 3.11. The first-order chi connectivity index (χ1) is 9.10. The van der Waals surface area contributed by atoms with Crippen LogP contribution in [0.2, 0.25) is 0 Å². The number of rotatable bonds is 1. The van der Waals surface area contributed by atoms with Crippen LogP contribution in [0.4, 0.5) is 0 Å². The number of aromatic hydroxyl groups is 1. The standard InChI is InChI=1S/C16H21NO2/c1-12-4-5-13(18)10-14(12)15(19)17-9-8-16(11-17)6-2-3-7-16/h4-5,10,18H,2-3,6-9,11H2,1H3. The Labute approximate surface area is 114 Å². The third-order valence-corrected chi connectivity index (χ3v) is 4.84. The summed E-state index contributed by atoms with van der Waals surface area (Å²) >= 11 is 0. The van der Waals surface area contributed by atoms with Crippen LogP contribution in [0.1, 0.15) is 48.0 Å². The van der Waals surface area contributed by atoms with Gasteiger partial charge in [0.25, 0.3) is 5.91 Å². The van der Waals surface area contributed by atoms with Gasteiger partial charge in [-0.1, -0.05) is 18.9 Å². The molecular formula is C16H21NO2. The minimum absolute atomic E-state index is 0.0807. The normalized spacial score (nSPS) is 21.2. The molecule has 3 rings (SSSR count). The molecule has 1 aromatic rings. The predicted molar refractivity (Wildman–Crippen MR) is 74.3 cm³/mol. The third-order valence-electron chi connectivity index (χ3n) is 4.84. The van der Waals surface area contributed by atoms with Crippen LogP contribution in [0.3, 0.4) is 0 Å². The van der Waals surface area contributed by atoms with Crippen LogP contribution in [-0.2, 0) is 0 Å². The topological polar surface area (TPSA) is 40.5 Å². The van der Waals surface area contributed by atoms with Gasteiger partial charge in [0.15, 0.2) is 0 Å². The molecule has 19 heavy (non-hydrogen) atoms. The Morgan fingerprint density at radius 1 is 1.26 bits per heavy atom. The van der Waals surface area contributed by atoms with E-state index >= 15 is 0 Å². The summed E-state index contributed by atoms with van der Waals surface area (Å²) in [5, 5.41) is 9.56. The lowest BCUT2D eigenvalue weighted by atomic mass is 9.86. The van der Waals surface area contributed by atoms with Crippen LogP contribution in [-0.4, -0.2) is 29.0 Å². The van der Waals surface area contributed by atoms with E-state index in [-0.39, 0.29) is 11.7 Å². The molecule has 1 spiro atoms. The molecule has 0 unspecified atom stereocenters. The summed E-state index contributed by atoms with van der Waals surface area (Å²) in [6.07, 6.45) is 6.32. The second-order valence-corrected chi connectivity index (χ2v) is 6.18. The van der Waals surface area contributed by atoms with Crippen LogP contribution in [0, 0.1) is 12.3 Å². The number of aryl methyl sites for hydroxylation is 1. The zero-order valence-electron chi connectivity index (χ0n) is 11.5. The summed E-state index contributed by atoms with van der Waals surface area (Å²) in [5.74, 6) is 0.251. The van der Waals surface area contributed by atoms with E-state index in [0.29, 0.717) is 11.0 Å². The second-order valence-electron chi connectivity index (χ2n) is 6.18. The summed E-state index contributed by atoms with van der Waals surface area (Å²) in [6, 6.07) is 5.04. The average Bonchev–Trinajstić information content (AvgIpc) is 3.03. The van der Waals surface area contributed by atoms with Gasteiger partial charge in [0.2, 0.25) is 0 Å². The first-order valence-corrected chi connectivity index (χ1v) is 7.19. The number of hydrogen-bond acceptors (Lipinski definition) is 2. The highest BCUT2D eigenvalue weighted by Gasteiger charge is 2.41. The lowest BCUT2D eigenvalue weighted by molar-refractivity contribution is 0.0772. The Kier molecular flexibility index (Phi) is 3.00. The third kappa shape index (κ3) is 2.22. The van der Waals surface area contributed by atoms with Gasteiger partial charge in [0, 0.05) is 18.7 Å². The molecular weight excluding hydrogens is 238 g/mol. The number of phenolic OH excluding ortho intramolecular Hbond substituents is 1. The van der Waals surface area contributed by atoms with Gasteiger partial charge in [0.05, 0.1) is 0 Å². The quantitative estimate of drug-likeness (QED) is 0.842. The van der Waals surface area contributed by atoms with Crippen LogP contribution in [0.5, 0.6) is 5.75 Å². The minimum Gasteiger partial charge on any atom is -0.508 e. The van der Waals surface area contributed by atoms with Gasteiger partial charge < -0.3 is 10.0 Å². The summed E-state index contributed by atoms with van der Waals surface area (Å²) in [7, 11) is 0. The van der Waals surface area contributed by atoms with Crippen molar-refractivity contribution in [2.75, 3.05) is 13.1 Å². The molecule has 1 saturated heterocycles. The zero-order chi connectivity index (χ0) is 13.5. The fourth-order valence-electron chi connectivity index (χ4n) is 3.65. The summed E-state index contributed by atoms with van der Waals surface area (Å²) < 4.78 is 0. The number of hydrogen-bond donors (Lipinski definition) is 1. The van der Waals surface area contributed by atoms with Gasteiger partial charge in [-0.25, -0.2) is 0 Å². The van der Waals surface area contributed by atoms with E-state index in [1.54, 1.807) is 12.1 Å². The molecule has 2 aliphatic rings. The van der Waals surface area contributed by atoms with Crippen molar-refractivity contribution in [1.29, 1.82) is 0 Å². The summed E-state index contributed by atoms with van der Waals surface area (Å²) in [4.78, 5) is 14.6.